The summed E-state index contributed by atoms with van der Waals surface area (Å²) in [5.74, 6) is 1.28. The zero-order valence-electron chi connectivity index (χ0n) is 11.3. The van der Waals surface area contributed by atoms with Crippen molar-refractivity contribution in [3.05, 3.63) is 30.3 Å². The molecule has 0 aliphatic rings. The van der Waals surface area contributed by atoms with E-state index < -0.39 is 0 Å². The van der Waals surface area contributed by atoms with Gasteiger partial charge < -0.3 is 16.4 Å². The highest BCUT2D eigenvalue weighted by Gasteiger charge is 2.13. The molecule has 3 nitrogen and oxygen atoms in total. The highest BCUT2D eigenvalue weighted by molar-refractivity contribution is 7.80. The first-order valence-corrected chi connectivity index (χ1v) is 7.15. The smallest absolute Gasteiger partial charge is 0.0340 e. The average molecular weight is 267 g/mol. The molecule has 0 saturated heterocycles. The van der Waals surface area contributed by atoms with Gasteiger partial charge in [-0.15, -0.1) is 0 Å². The van der Waals surface area contributed by atoms with Gasteiger partial charge in [0.1, 0.15) is 0 Å². The Labute approximate surface area is 116 Å². The molecular weight excluding hydrogens is 242 g/mol. The summed E-state index contributed by atoms with van der Waals surface area (Å²) in [6.45, 7) is 6.15. The van der Waals surface area contributed by atoms with Crippen molar-refractivity contribution in [2.45, 2.75) is 25.9 Å². The number of rotatable bonds is 8. The summed E-state index contributed by atoms with van der Waals surface area (Å²) in [4.78, 5) is 0. The van der Waals surface area contributed by atoms with Crippen molar-refractivity contribution in [3.8, 4) is 0 Å². The summed E-state index contributed by atoms with van der Waals surface area (Å²) in [6.07, 6.45) is 0. The summed E-state index contributed by atoms with van der Waals surface area (Å²) in [7, 11) is 0. The van der Waals surface area contributed by atoms with Gasteiger partial charge in [0.25, 0.3) is 0 Å². The van der Waals surface area contributed by atoms with Crippen LogP contribution in [0.3, 0.4) is 0 Å². The largest absolute Gasteiger partial charge is 0.383 e. The van der Waals surface area contributed by atoms with Crippen LogP contribution in [0.1, 0.15) is 13.8 Å². The Bertz CT molecular complexity index is 316. The predicted molar refractivity (Wildman–Crippen MR) is 83.4 cm³/mol. The summed E-state index contributed by atoms with van der Waals surface area (Å²) in [6, 6.07) is 10.8. The van der Waals surface area contributed by atoms with Gasteiger partial charge in [0.2, 0.25) is 0 Å². The lowest BCUT2D eigenvalue weighted by atomic mass is 10.0. The number of nitrogens with one attached hydrogen (secondary N) is 2. The number of hydrogen-bond acceptors (Lipinski definition) is 4. The second-order valence-corrected chi connectivity index (χ2v) is 5.31. The number of hydrogen-bond donors (Lipinski definition) is 4. The van der Waals surface area contributed by atoms with Crippen LogP contribution in [0.15, 0.2) is 30.3 Å². The third kappa shape index (κ3) is 5.76. The summed E-state index contributed by atoms with van der Waals surface area (Å²) in [5.41, 5.74) is 7.03. The minimum absolute atomic E-state index is 0.117. The van der Waals surface area contributed by atoms with E-state index in [0.29, 0.717) is 17.7 Å². The summed E-state index contributed by atoms with van der Waals surface area (Å²) < 4.78 is 0. The van der Waals surface area contributed by atoms with E-state index >= 15 is 0 Å². The normalized spacial score (nSPS) is 14.5. The van der Waals surface area contributed by atoms with E-state index in [9.17, 15) is 0 Å². The van der Waals surface area contributed by atoms with E-state index in [0.717, 1.165) is 18.8 Å². The van der Waals surface area contributed by atoms with E-state index in [1.807, 2.05) is 18.2 Å². The zero-order valence-corrected chi connectivity index (χ0v) is 12.2. The fourth-order valence-corrected chi connectivity index (χ4v) is 1.82. The van der Waals surface area contributed by atoms with Crippen molar-refractivity contribution in [1.82, 2.24) is 5.32 Å². The van der Waals surface area contributed by atoms with E-state index in [2.05, 4.69) is 49.2 Å². The van der Waals surface area contributed by atoms with Gasteiger partial charge in [-0.3, -0.25) is 0 Å². The number of para-hydroxylation sites is 1. The monoisotopic (exact) mass is 267 g/mol. The third-order valence-corrected chi connectivity index (χ3v) is 3.45. The third-order valence-electron chi connectivity index (χ3n) is 2.98. The molecule has 0 spiro atoms. The van der Waals surface area contributed by atoms with Gasteiger partial charge in [-0.2, -0.15) is 12.6 Å². The standard InChI is InChI=1S/C14H25N3S/c1-11(2)14(17-8-12(15)10-18)9-16-13-6-4-3-5-7-13/h3-7,11-12,14,16-18H,8-10,15H2,1-2H3. The van der Waals surface area contributed by atoms with Gasteiger partial charge >= 0.3 is 0 Å². The number of anilines is 1. The lowest BCUT2D eigenvalue weighted by Crippen LogP contribution is -2.46. The van der Waals surface area contributed by atoms with Crippen molar-refractivity contribution in [3.63, 3.8) is 0 Å². The van der Waals surface area contributed by atoms with E-state index in [4.69, 9.17) is 5.73 Å². The highest BCUT2D eigenvalue weighted by Crippen LogP contribution is 2.07. The lowest BCUT2D eigenvalue weighted by Gasteiger charge is -2.24. The lowest BCUT2D eigenvalue weighted by molar-refractivity contribution is 0.405. The maximum absolute atomic E-state index is 5.87. The quantitative estimate of drug-likeness (QED) is 0.545. The van der Waals surface area contributed by atoms with Crippen molar-refractivity contribution in [2.24, 2.45) is 11.7 Å². The Hall–Kier alpha value is -0.710. The average Bonchev–Trinajstić information content (AvgIpc) is 2.39. The molecule has 0 amide bonds. The molecule has 0 aromatic heterocycles. The fraction of sp³-hybridized carbons (Fsp3) is 0.571. The maximum atomic E-state index is 5.87. The Morgan fingerprint density at radius 2 is 1.83 bits per heavy atom. The Morgan fingerprint density at radius 3 is 2.39 bits per heavy atom. The minimum Gasteiger partial charge on any atom is -0.383 e. The van der Waals surface area contributed by atoms with Crippen LogP contribution in [0.2, 0.25) is 0 Å². The Morgan fingerprint density at radius 1 is 1.17 bits per heavy atom. The number of thiol groups is 1. The van der Waals surface area contributed by atoms with Crippen LogP contribution in [0.5, 0.6) is 0 Å². The van der Waals surface area contributed by atoms with Gasteiger partial charge in [0.15, 0.2) is 0 Å². The topological polar surface area (TPSA) is 50.1 Å². The van der Waals surface area contributed by atoms with Crippen molar-refractivity contribution < 1.29 is 0 Å². The van der Waals surface area contributed by atoms with Crippen LogP contribution in [-0.4, -0.2) is 30.9 Å². The molecule has 1 aromatic rings. The molecule has 4 N–H and O–H groups in total. The van der Waals surface area contributed by atoms with Crippen LogP contribution in [0.25, 0.3) is 0 Å². The van der Waals surface area contributed by atoms with Crippen LogP contribution in [0, 0.1) is 5.92 Å². The summed E-state index contributed by atoms with van der Waals surface area (Å²) in [5, 5.41) is 6.95. The van der Waals surface area contributed by atoms with Crippen LogP contribution in [-0.2, 0) is 0 Å². The Kier molecular flexibility index (Phi) is 7.16. The van der Waals surface area contributed by atoms with E-state index in [1.165, 1.54) is 0 Å². The predicted octanol–water partition coefficient (Wildman–Crippen LogP) is 1.97. The van der Waals surface area contributed by atoms with Crippen LogP contribution >= 0.6 is 12.6 Å². The molecule has 4 heteroatoms. The first-order valence-electron chi connectivity index (χ1n) is 6.52. The van der Waals surface area contributed by atoms with Crippen molar-refractivity contribution in [1.29, 1.82) is 0 Å². The zero-order chi connectivity index (χ0) is 13.4. The molecule has 0 saturated carbocycles. The minimum atomic E-state index is 0.117. The van der Waals surface area contributed by atoms with Gasteiger partial charge in [-0.1, -0.05) is 32.0 Å². The van der Waals surface area contributed by atoms with Crippen LogP contribution in [0.4, 0.5) is 5.69 Å². The van der Waals surface area contributed by atoms with E-state index in [-0.39, 0.29) is 6.04 Å². The first kappa shape index (κ1) is 15.3. The van der Waals surface area contributed by atoms with Gasteiger partial charge in [-0.25, -0.2) is 0 Å². The molecule has 0 heterocycles. The van der Waals surface area contributed by atoms with Gasteiger partial charge in [0.05, 0.1) is 0 Å². The highest BCUT2D eigenvalue weighted by atomic mass is 32.1. The number of benzene rings is 1. The molecule has 1 aromatic carbocycles. The molecule has 0 radical (unpaired) electrons. The Balaban J connectivity index is 2.38. The first-order chi connectivity index (χ1) is 8.63. The molecule has 0 aliphatic carbocycles. The van der Waals surface area contributed by atoms with Crippen LogP contribution < -0.4 is 16.4 Å². The van der Waals surface area contributed by atoms with Gasteiger partial charge in [0, 0.05) is 36.6 Å². The molecule has 102 valence electrons. The second kappa shape index (κ2) is 8.40. The number of nitrogens with two attached hydrogens (primary N) is 1. The molecule has 0 aliphatic heterocycles. The molecular formula is C14H25N3S. The van der Waals surface area contributed by atoms with Crippen molar-refractivity contribution >= 4 is 18.3 Å². The SMILES string of the molecule is CC(C)C(CNc1ccccc1)NCC(N)CS. The maximum Gasteiger partial charge on any atom is 0.0340 e. The van der Waals surface area contributed by atoms with E-state index in [1.54, 1.807) is 0 Å². The molecule has 18 heavy (non-hydrogen) atoms. The molecule has 0 fully saturated rings. The molecule has 2 unspecified atom stereocenters. The summed E-state index contributed by atoms with van der Waals surface area (Å²) >= 11 is 4.20. The van der Waals surface area contributed by atoms with Gasteiger partial charge in [-0.05, 0) is 18.1 Å². The molecule has 2 atom stereocenters. The van der Waals surface area contributed by atoms with Crippen molar-refractivity contribution in [2.75, 3.05) is 24.2 Å². The fourth-order valence-electron chi connectivity index (χ4n) is 1.69. The second-order valence-electron chi connectivity index (χ2n) is 4.95. The molecule has 1 rings (SSSR count). The molecule has 0 bridgehead atoms.